The Morgan fingerprint density at radius 3 is 2.12 bits per heavy atom. The molecule has 1 N–H and O–H groups in total. The SMILES string of the molecule is CC(=O)Oc1ccc(C(=O)Nc2cc(Cl)ccc2OC(C)=O)cc1. The van der Waals surface area contributed by atoms with Crippen molar-refractivity contribution < 1.29 is 23.9 Å². The molecule has 2 aromatic carbocycles. The van der Waals surface area contributed by atoms with Gasteiger partial charge in [-0.2, -0.15) is 0 Å². The minimum absolute atomic E-state index is 0.191. The molecule has 0 aliphatic heterocycles. The first kappa shape index (κ1) is 17.5. The van der Waals surface area contributed by atoms with E-state index in [1.807, 2.05) is 0 Å². The first-order valence-corrected chi connectivity index (χ1v) is 7.31. The molecule has 0 spiro atoms. The summed E-state index contributed by atoms with van der Waals surface area (Å²) >= 11 is 5.91. The molecule has 0 saturated carbocycles. The first-order valence-electron chi connectivity index (χ1n) is 6.93. The maximum atomic E-state index is 12.3. The summed E-state index contributed by atoms with van der Waals surface area (Å²) in [5, 5.41) is 3.01. The smallest absolute Gasteiger partial charge is 0.308 e. The number of benzene rings is 2. The lowest BCUT2D eigenvalue weighted by atomic mass is 10.2. The Bertz CT molecular complexity index is 786. The molecule has 1 amide bonds. The summed E-state index contributed by atoms with van der Waals surface area (Å²) in [7, 11) is 0. The van der Waals surface area contributed by atoms with Crippen LogP contribution < -0.4 is 14.8 Å². The molecule has 0 unspecified atom stereocenters. The lowest BCUT2D eigenvalue weighted by Crippen LogP contribution is -2.14. The largest absolute Gasteiger partial charge is 0.427 e. The highest BCUT2D eigenvalue weighted by atomic mass is 35.5. The van der Waals surface area contributed by atoms with Crippen molar-refractivity contribution in [3.05, 3.63) is 53.1 Å². The zero-order valence-corrected chi connectivity index (χ0v) is 13.7. The van der Waals surface area contributed by atoms with E-state index in [9.17, 15) is 14.4 Å². The minimum atomic E-state index is -0.515. The van der Waals surface area contributed by atoms with Crippen LogP contribution >= 0.6 is 11.6 Å². The standard InChI is InChI=1S/C17H14ClNO5/c1-10(20)23-14-6-3-12(4-7-14)17(22)19-15-9-13(18)5-8-16(15)24-11(2)21/h3-9H,1-2H3,(H,19,22). The van der Waals surface area contributed by atoms with Gasteiger partial charge in [0.05, 0.1) is 5.69 Å². The molecule has 0 saturated heterocycles. The summed E-state index contributed by atoms with van der Waals surface area (Å²) in [5.74, 6) is -0.866. The van der Waals surface area contributed by atoms with E-state index in [1.165, 1.54) is 50.2 Å². The van der Waals surface area contributed by atoms with Gasteiger partial charge in [0.2, 0.25) is 0 Å². The zero-order valence-electron chi connectivity index (χ0n) is 13.0. The predicted molar refractivity (Wildman–Crippen MR) is 88.5 cm³/mol. The van der Waals surface area contributed by atoms with Crippen LogP contribution in [0.5, 0.6) is 11.5 Å². The van der Waals surface area contributed by atoms with Crippen LogP contribution in [0.4, 0.5) is 5.69 Å². The molecule has 0 heterocycles. The number of halogens is 1. The third-order valence-electron chi connectivity index (χ3n) is 2.82. The van der Waals surface area contributed by atoms with Crippen LogP contribution in [-0.2, 0) is 9.59 Å². The number of esters is 2. The lowest BCUT2D eigenvalue weighted by molar-refractivity contribution is -0.132. The number of carbonyl (C=O) groups is 3. The van der Waals surface area contributed by atoms with Crippen molar-refractivity contribution >= 4 is 35.1 Å². The van der Waals surface area contributed by atoms with Gasteiger partial charge in [0.15, 0.2) is 5.75 Å². The molecule has 0 aliphatic rings. The van der Waals surface area contributed by atoms with Gasteiger partial charge in [-0.25, -0.2) is 0 Å². The van der Waals surface area contributed by atoms with Gasteiger partial charge in [-0.3, -0.25) is 14.4 Å². The van der Waals surface area contributed by atoms with Gasteiger partial charge in [0.1, 0.15) is 5.75 Å². The van der Waals surface area contributed by atoms with Gasteiger partial charge in [0.25, 0.3) is 5.91 Å². The number of rotatable bonds is 4. The molecular weight excluding hydrogens is 334 g/mol. The van der Waals surface area contributed by atoms with Crippen molar-refractivity contribution in [2.45, 2.75) is 13.8 Å². The molecule has 2 aromatic rings. The second-order valence-electron chi connectivity index (χ2n) is 4.81. The normalized spacial score (nSPS) is 9.96. The quantitative estimate of drug-likeness (QED) is 0.676. The number of anilines is 1. The van der Waals surface area contributed by atoms with Crippen LogP contribution in [0.1, 0.15) is 24.2 Å². The second-order valence-corrected chi connectivity index (χ2v) is 5.24. The number of hydrogen-bond donors (Lipinski definition) is 1. The molecule has 0 fully saturated rings. The summed E-state index contributed by atoms with van der Waals surface area (Å²) in [6, 6.07) is 10.5. The van der Waals surface area contributed by atoms with E-state index in [0.717, 1.165) is 0 Å². The van der Waals surface area contributed by atoms with E-state index in [4.69, 9.17) is 21.1 Å². The average molecular weight is 348 g/mol. The topological polar surface area (TPSA) is 81.7 Å². The number of nitrogens with one attached hydrogen (secondary N) is 1. The third-order valence-corrected chi connectivity index (χ3v) is 3.06. The van der Waals surface area contributed by atoms with Crippen molar-refractivity contribution in [3.63, 3.8) is 0 Å². The van der Waals surface area contributed by atoms with E-state index in [2.05, 4.69) is 5.32 Å². The Hall–Kier alpha value is -2.86. The molecule has 0 aromatic heterocycles. The number of amides is 1. The Kier molecular flexibility index (Phi) is 5.55. The Morgan fingerprint density at radius 2 is 1.54 bits per heavy atom. The Morgan fingerprint density at radius 1 is 0.917 bits per heavy atom. The Labute approximate surface area is 143 Å². The molecule has 7 heteroatoms. The van der Waals surface area contributed by atoms with Crippen molar-refractivity contribution in [2.75, 3.05) is 5.32 Å². The summed E-state index contributed by atoms with van der Waals surface area (Å²) in [4.78, 5) is 34.3. The van der Waals surface area contributed by atoms with Crippen LogP contribution in [0.15, 0.2) is 42.5 Å². The van der Waals surface area contributed by atoms with Crippen molar-refractivity contribution in [2.24, 2.45) is 0 Å². The van der Waals surface area contributed by atoms with Crippen molar-refractivity contribution in [1.82, 2.24) is 0 Å². The molecule has 0 radical (unpaired) electrons. The maximum Gasteiger partial charge on any atom is 0.308 e. The number of ether oxygens (including phenoxy) is 2. The maximum absolute atomic E-state index is 12.3. The third kappa shape index (κ3) is 4.82. The van der Waals surface area contributed by atoms with Gasteiger partial charge in [-0.15, -0.1) is 0 Å². The highest BCUT2D eigenvalue weighted by molar-refractivity contribution is 6.31. The highest BCUT2D eigenvalue weighted by Gasteiger charge is 2.12. The molecule has 0 bridgehead atoms. The first-order chi connectivity index (χ1) is 11.3. The molecular formula is C17H14ClNO5. The highest BCUT2D eigenvalue weighted by Crippen LogP contribution is 2.28. The fraction of sp³-hybridized carbons (Fsp3) is 0.118. The van der Waals surface area contributed by atoms with E-state index < -0.39 is 17.8 Å². The van der Waals surface area contributed by atoms with Crippen LogP contribution in [0.25, 0.3) is 0 Å². The molecule has 124 valence electrons. The van der Waals surface area contributed by atoms with Crippen molar-refractivity contribution in [1.29, 1.82) is 0 Å². The zero-order chi connectivity index (χ0) is 17.7. The van der Waals surface area contributed by atoms with Gasteiger partial charge in [-0.05, 0) is 42.5 Å². The number of carbonyl (C=O) groups excluding carboxylic acids is 3. The fourth-order valence-electron chi connectivity index (χ4n) is 1.88. The summed E-state index contributed by atoms with van der Waals surface area (Å²) < 4.78 is 9.93. The molecule has 24 heavy (non-hydrogen) atoms. The second kappa shape index (κ2) is 7.61. The summed E-state index contributed by atoms with van der Waals surface area (Å²) in [5.41, 5.74) is 0.603. The summed E-state index contributed by atoms with van der Waals surface area (Å²) in [6.07, 6.45) is 0. The van der Waals surface area contributed by atoms with E-state index >= 15 is 0 Å². The van der Waals surface area contributed by atoms with E-state index in [0.29, 0.717) is 16.3 Å². The minimum Gasteiger partial charge on any atom is -0.427 e. The van der Waals surface area contributed by atoms with Crippen LogP contribution in [0, 0.1) is 0 Å². The molecule has 6 nitrogen and oxygen atoms in total. The number of hydrogen-bond acceptors (Lipinski definition) is 5. The van der Waals surface area contributed by atoms with Crippen LogP contribution in [0.2, 0.25) is 5.02 Å². The molecule has 2 rings (SSSR count). The van der Waals surface area contributed by atoms with Gasteiger partial charge >= 0.3 is 11.9 Å². The monoisotopic (exact) mass is 347 g/mol. The predicted octanol–water partition coefficient (Wildman–Crippen LogP) is 3.44. The van der Waals surface area contributed by atoms with Gasteiger partial charge < -0.3 is 14.8 Å². The van der Waals surface area contributed by atoms with Crippen LogP contribution in [-0.4, -0.2) is 17.8 Å². The Balaban J connectivity index is 2.18. The van der Waals surface area contributed by atoms with E-state index in [1.54, 1.807) is 6.07 Å². The van der Waals surface area contributed by atoms with Crippen LogP contribution in [0.3, 0.4) is 0 Å². The molecule has 0 aliphatic carbocycles. The average Bonchev–Trinajstić information content (AvgIpc) is 2.49. The molecule has 0 atom stereocenters. The summed E-state index contributed by atoms with van der Waals surface area (Å²) in [6.45, 7) is 2.55. The van der Waals surface area contributed by atoms with Gasteiger partial charge in [-0.1, -0.05) is 11.6 Å². The fourth-order valence-corrected chi connectivity index (χ4v) is 2.05. The van der Waals surface area contributed by atoms with Gasteiger partial charge in [0, 0.05) is 24.4 Å². The van der Waals surface area contributed by atoms with E-state index in [-0.39, 0.29) is 11.4 Å². The lowest BCUT2D eigenvalue weighted by Gasteiger charge is -2.11. The van der Waals surface area contributed by atoms with Crippen molar-refractivity contribution in [3.8, 4) is 11.5 Å².